The first kappa shape index (κ1) is 13.1. The molecule has 1 aromatic rings. The first-order valence-electron chi connectivity index (χ1n) is 5.20. The molecule has 3 N–H and O–H groups in total. The zero-order valence-electron chi connectivity index (χ0n) is 9.23. The molecule has 0 aliphatic carbocycles. The molecule has 0 aliphatic heterocycles. The van der Waals surface area contributed by atoms with Gasteiger partial charge in [0.2, 0.25) is 5.91 Å². The Morgan fingerprint density at radius 3 is 2.94 bits per heavy atom. The topological polar surface area (TPSA) is 55.1 Å². The number of thiophene rings is 1. The Bertz CT molecular complexity index is 349. The average Bonchev–Trinajstić information content (AvgIpc) is 2.68. The average molecular weight is 256 g/mol. The zero-order chi connectivity index (χ0) is 12.0. The van der Waals surface area contributed by atoms with E-state index in [4.69, 9.17) is 18.0 Å². The quantitative estimate of drug-likeness (QED) is 0.764. The van der Waals surface area contributed by atoms with E-state index in [1.807, 2.05) is 23.8 Å². The van der Waals surface area contributed by atoms with Gasteiger partial charge in [0.25, 0.3) is 0 Å². The Hall–Kier alpha value is -0.940. The number of carbonyl (C=O) groups excluding carboxylic acids is 1. The number of rotatable bonds is 6. The Balaban J connectivity index is 2.40. The molecular formula is C11H16N2OS2. The van der Waals surface area contributed by atoms with E-state index in [1.54, 1.807) is 11.3 Å². The molecule has 16 heavy (non-hydrogen) atoms. The van der Waals surface area contributed by atoms with Gasteiger partial charge in [-0.3, -0.25) is 4.79 Å². The van der Waals surface area contributed by atoms with Gasteiger partial charge in [-0.05, 0) is 28.8 Å². The Morgan fingerprint density at radius 1 is 1.69 bits per heavy atom. The summed E-state index contributed by atoms with van der Waals surface area (Å²) in [6.45, 7) is 2.01. The summed E-state index contributed by atoms with van der Waals surface area (Å²) in [7, 11) is 0. The molecule has 1 unspecified atom stereocenters. The third-order valence-corrected chi connectivity index (χ3v) is 3.15. The first-order valence-corrected chi connectivity index (χ1v) is 6.55. The lowest BCUT2D eigenvalue weighted by atomic mass is 10.1. The second-order valence-electron chi connectivity index (χ2n) is 3.65. The molecule has 1 rings (SSSR count). The van der Waals surface area contributed by atoms with E-state index in [9.17, 15) is 4.79 Å². The van der Waals surface area contributed by atoms with Gasteiger partial charge in [0.1, 0.15) is 0 Å². The number of amides is 1. The van der Waals surface area contributed by atoms with E-state index >= 15 is 0 Å². The van der Waals surface area contributed by atoms with E-state index in [0.717, 1.165) is 12.0 Å². The molecule has 3 nitrogen and oxygen atoms in total. The summed E-state index contributed by atoms with van der Waals surface area (Å²) in [6.07, 6.45) is 1.84. The molecule has 0 aliphatic rings. The summed E-state index contributed by atoms with van der Waals surface area (Å²) < 4.78 is 0. The van der Waals surface area contributed by atoms with E-state index in [0.29, 0.717) is 17.8 Å². The minimum atomic E-state index is 0.0292. The summed E-state index contributed by atoms with van der Waals surface area (Å²) >= 11 is 6.43. The fourth-order valence-electron chi connectivity index (χ4n) is 1.40. The molecule has 0 fully saturated rings. The van der Waals surface area contributed by atoms with Crippen molar-refractivity contribution in [3.63, 3.8) is 0 Å². The van der Waals surface area contributed by atoms with Gasteiger partial charge in [0.15, 0.2) is 0 Å². The number of hydrogen-bond donors (Lipinski definition) is 2. The second kappa shape index (κ2) is 6.60. The van der Waals surface area contributed by atoms with Crippen molar-refractivity contribution in [1.29, 1.82) is 0 Å². The minimum absolute atomic E-state index is 0.0292. The van der Waals surface area contributed by atoms with Crippen molar-refractivity contribution in [3.05, 3.63) is 22.4 Å². The highest BCUT2D eigenvalue weighted by atomic mass is 32.1. The molecule has 0 bridgehead atoms. The van der Waals surface area contributed by atoms with Crippen LogP contribution < -0.4 is 11.1 Å². The van der Waals surface area contributed by atoms with Gasteiger partial charge in [0, 0.05) is 12.5 Å². The highest BCUT2D eigenvalue weighted by molar-refractivity contribution is 7.80. The first-order chi connectivity index (χ1) is 7.61. The monoisotopic (exact) mass is 256 g/mol. The van der Waals surface area contributed by atoms with Crippen LogP contribution in [0.2, 0.25) is 0 Å². The van der Waals surface area contributed by atoms with Crippen LogP contribution in [0.15, 0.2) is 16.8 Å². The van der Waals surface area contributed by atoms with Crippen LogP contribution in [0.3, 0.4) is 0 Å². The fraction of sp³-hybridized carbons (Fsp3) is 0.455. The molecule has 1 amide bonds. The van der Waals surface area contributed by atoms with E-state index in [2.05, 4.69) is 5.32 Å². The van der Waals surface area contributed by atoms with Crippen molar-refractivity contribution in [2.24, 2.45) is 5.73 Å². The molecule has 0 aromatic carbocycles. The summed E-state index contributed by atoms with van der Waals surface area (Å²) in [6, 6.07) is 2.02. The molecule has 1 heterocycles. The van der Waals surface area contributed by atoms with E-state index in [-0.39, 0.29) is 11.9 Å². The number of hydrogen-bond acceptors (Lipinski definition) is 3. The van der Waals surface area contributed by atoms with E-state index in [1.165, 1.54) is 0 Å². The van der Waals surface area contributed by atoms with Crippen LogP contribution >= 0.6 is 23.6 Å². The zero-order valence-corrected chi connectivity index (χ0v) is 10.9. The van der Waals surface area contributed by atoms with Crippen molar-refractivity contribution in [2.75, 3.05) is 0 Å². The SMILES string of the molecule is CCC(CC(N)=S)NC(=O)Cc1ccsc1. The maximum atomic E-state index is 11.7. The van der Waals surface area contributed by atoms with Crippen LogP contribution in [-0.2, 0) is 11.2 Å². The fourth-order valence-corrected chi connectivity index (χ4v) is 2.27. The summed E-state index contributed by atoms with van der Waals surface area (Å²) in [5, 5.41) is 6.88. The number of nitrogens with one attached hydrogen (secondary N) is 1. The Morgan fingerprint density at radius 2 is 2.44 bits per heavy atom. The summed E-state index contributed by atoms with van der Waals surface area (Å²) in [5.74, 6) is 0.0292. The maximum Gasteiger partial charge on any atom is 0.224 e. The molecule has 1 aromatic heterocycles. The standard InChI is InChI=1S/C11H16N2OS2/c1-2-9(6-10(12)15)13-11(14)5-8-3-4-16-7-8/h3-4,7,9H,2,5-6H2,1H3,(H2,12,15)(H,13,14). The van der Waals surface area contributed by atoms with Gasteiger partial charge in [-0.1, -0.05) is 19.1 Å². The van der Waals surface area contributed by atoms with Gasteiger partial charge in [-0.15, -0.1) is 0 Å². The Kier molecular flexibility index (Phi) is 5.42. The van der Waals surface area contributed by atoms with Gasteiger partial charge >= 0.3 is 0 Å². The molecule has 0 saturated carbocycles. The third kappa shape index (κ3) is 4.72. The molecule has 88 valence electrons. The largest absolute Gasteiger partial charge is 0.393 e. The van der Waals surface area contributed by atoms with Crippen molar-refractivity contribution < 1.29 is 4.79 Å². The normalized spacial score (nSPS) is 12.1. The smallest absolute Gasteiger partial charge is 0.224 e. The highest BCUT2D eigenvalue weighted by Gasteiger charge is 2.11. The molecule has 1 atom stereocenters. The van der Waals surface area contributed by atoms with Crippen LogP contribution in [0.1, 0.15) is 25.3 Å². The molecular weight excluding hydrogens is 240 g/mol. The van der Waals surface area contributed by atoms with Crippen LogP contribution in [-0.4, -0.2) is 16.9 Å². The summed E-state index contributed by atoms with van der Waals surface area (Å²) in [4.78, 5) is 12.1. The van der Waals surface area contributed by atoms with Crippen LogP contribution in [0.25, 0.3) is 0 Å². The van der Waals surface area contributed by atoms with Gasteiger partial charge < -0.3 is 11.1 Å². The van der Waals surface area contributed by atoms with Crippen molar-refractivity contribution >= 4 is 34.5 Å². The van der Waals surface area contributed by atoms with Crippen LogP contribution in [0.5, 0.6) is 0 Å². The molecule has 0 spiro atoms. The molecule has 0 radical (unpaired) electrons. The number of carbonyl (C=O) groups is 1. The predicted molar refractivity (Wildman–Crippen MR) is 71.6 cm³/mol. The lowest BCUT2D eigenvalue weighted by molar-refractivity contribution is -0.121. The van der Waals surface area contributed by atoms with Crippen molar-refractivity contribution in [2.45, 2.75) is 32.2 Å². The molecule has 0 saturated heterocycles. The lowest BCUT2D eigenvalue weighted by Crippen LogP contribution is -2.37. The van der Waals surface area contributed by atoms with Crippen LogP contribution in [0.4, 0.5) is 0 Å². The number of thiocarbonyl (C=S) groups is 1. The molecule has 5 heteroatoms. The maximum absolute atomic E-state index is 11.7. The van der Waals surface area contributed by atoms with Crippen molar-refractivity contribution in [3.8, 4) is 0 Å². The number of nitrogens with two attached hydrogens (primary N) is 1. The lowest BCUT2D eigenvalue weighted by Gasteiger charge is -2.15. The van der Waals surface area contributed by atoms with Gasteiger partial charge in [-0.25, -0.2) is 0 Å². The summed E-state index contributed by atoms with van der Waals surface area (Å²) in [5.41, 5.74) is 6.51. The third-order valence-electron chi connectivity index (χ3n) is 2.25. The predicted octanol–water partition coefficient (Wildman–Crippen LogP) is 1.86. The van der Waals surface area contributed by atoms with Crippen molar-refractivity contribution in [1.82, 2.24) is 5.32 Å². The van der Waals surface area contributed by atoms with Gasteiger partial charge in [-0.2, -0.15) is 11.3 Å². The minimum Gasteiger partial charge on any atom is -0.393 e. The van der Waals surface area contributed by atoms with Gasteiger partial charge in [0.05, 0.1) is 11.4 Å². The Labute approximate surface area is 105 Å². The second-order valence-corrected chi connectivity index (χ2v) is 4.96. The van der Waals surface area contributed by atoms with Crippen LogP contribution in [0, 0.1) is 0 Å². The van der Waals surface area contributed by atoms with E-state index < -0.39 is 0 Å². The highest BCUT2D eigenvalue weighted by Crippen LogP contribution is 2.07.